The van der Waals surface area contributed by atoms with E-state index in [4.69, 9.17) is 0 Å². The molecular formula is C16H19NO. The first-order valence-electron chi connectivity index (χ1n) is 6.89. The van der Waals surface area contributed by atoms with E-state index in [0.29, 0.717) is 12.3 Å². The molecule has 3 rings (SSSR count). The molecule has 1 aromatic carbocycles. The van der Waals surface area contributed by atoms with E-state index in [9.17, 15) is 4.79 Å². The molecule has 2 heteroatoms. The first kappa shape index (κ1) is 11.5. The first-order chi connectivity index (χ1) is 8.81. The van der Waals surface area contributed by atoms with Crippen LogP contribution in [0.5, 0.6) is 0 Å². The summed E-state index contributed by atoms with van der Waals surface area (Å²) >= 11 is 0. The Morgan fingerprint density at radius 2 is 2.17 bits per heavy atom. The minimum atomic E-state index is 0.143. The van der Waals surface area contributed by atoms with Crippen LogP contribution in [0.1, 0.15) is 36.8 Å². The van der Waals surface area contributed by atoms with Gasteiger partial charge in [0.05, 0.1) is 0 Å². The molecule has 2 aliphatic carbocycles. The number of carbonyl (C=O) groups is 1. The fourth-order valence-electron chi connectivity index (χ4n) is 2.97. The molecule has 1 N–H and O–H groups in total. The highest BCUT2D eigenvalue weighted by molar-refractivity contribution is 5.91. The highest BCUT2D eigenvalue weighted by Gasteiger charge is 2.15. The van der Waals surface area contributed by atoms with Crippen molar-refractivity contribution in [3.05, 3.63) is 41.5 Å². The predicted molar refractivity (Wildman–Crippen MR) is 73.6 cm³/mol. The van der Waals surface area contributed by atoms with Gasteiger partial charge in [-0.15, -0.1) is 0 Å². The van der Waals surface area contributed by atoms with Crippen molar-refractivity contribution in [3.8, 4) is 0 Å². The van der Waals surface area contributed by atoms with Crippen LogP contribution in [0, 0.1) is 5.92 Å². The molecular weight excluding hydrogens is 222 g/mol. The van der Waals surface area contributed by atoms with Crippen molar-refractivity contribution in [1.82, 2.24) is 0 Å². The smallest absolute Gasteiger partial charge is 0.224 e. The Labute approximate surface area is 108 Å². The molecule has 1 amide bonds. The second kappa shape index (κ2) is 4.97. The standard InChI is InChI=1S/C16H19NO/c18-16(10-12-4-1-2-5-12)17-15-9-8-13-6-3-7-14(13)11-15/h1,4,8-9,11-12H,2-3,5-7,10H2,(H,17,18)/t12-/m0/s1. The summed E-state index contributed by atoms with van der Waals surface area (Å²) in [6.45, 7) is 0. The Kier molecular flexibility index (Phi) is 3.18. The largest absolute Gasteiger partial charge is 0.326 e. The lowest BCUT2D eigenvalue weighted by Crippen LogP contribution is -2.14. The van der Waals surface area contributed by atoms with Crippen LogP contribution in [0.4, 0.5) is 5.69 Å². The molecule has 0 fully saturated rings. The van der Waals surface area contributed by atoms with Gasteiger partial charge < -0.3 is 5.32 Å². The fraction of sp³-hybridized carbons (Fsp3) is 0.438. The first-order valence-corrected chi connectivity index (χ1v) is 6.89. The molecule has 0 aliphatic heterocycles. The molecule has 1 aromatic rings. The number of allylic oxidation sites excluding steroid dienone is 2. The van der Waals surface area contributed by atoms with E-state index in [1.807, 2.05) is 6.07 Å². The van der Waals surface area contributed by atoms with Crippen LogP contribution in [0.25, 0.3) is 0 Å². The number of nitrogens with one attached hydrogen (secondary N) is 1. The number of fused-ring (bicyclic) bond motifs is 1. The van der Waals surface area contributed by atoms with Crippen LogP contribution >= 0.6 is 0 Å². The quantitative estimate of drug-likeness (QED) is 0.807. The number of aryl methyl sites for hydroxylation is 2. The van der Waals surface area contributed by atoms with Crippen LogP contribution in [0.2, 0.25) is 0 Å². The number of hydrogen-bond acceptors (Lipinski definition) is 1. The zero-order chi connectivity index (χ0) is 12.4. The molecule has 0 aromatic heterocycles. The third kappa shape index (κ3) is 2.47. The minimum Gasteiger partial charge on any atom is -0.326 e. The van der Waals surface area contributed by atoms with Gasteiger partial charge in [0.15, 0.2) is 0 Å². The minimum absolute atomic E-state index is 0.143. The molecule has 0 saturated heterocycles. The van der Waals surface area contributed by atoms with Gasteiger partial charge in [-0.3, -0.25) is 4.79 Å². The second-order valence-corrected chi connectivity index (χ2v) is 5.35. The number of rotatable bonds is 3. The maximum absolute atomic E-state index is 11.9. The van der Waals surface area contributed by atoms with E-state index in [0.717, 1.165) is 24.9 Å². The van der Waals surface area contributed by atoms with Gasteiger partial charge in [-0.1, -0.05) is 18.2 Å². The highest BCUT2D eigenvalue weighted by atomic mass is 16.1. The lowest BCUT2D eigenvalue weighted by molar-refractivity contribution is -0.116. The van der Waals surface area contributed by atoms with Gasteiger partial charge in [-0.2, -0.15) is 0 Å². The lowest BCUT2D eigenvalue weighted by Gasteiger charge is -2.10. The summed E-state index contributed by atoms with van der Waals surface area (Å²) in [5.41, 5.74) is 3.82. The SMILES string of the molecule is O=C(C[C@H]1C=CCC1)Nc1ccc2c(c1)CCC2. The van der Waals surface area contributed by atoms with Gasteiger partial charge >= 0.3 is 0 Å². The van der Waals surface area contributed by atoms with Crippen LogP contribution < -0.4 is 5.32 Å². The van der Waals surface area contributed by atoms with Crippen LogP contribution in [0.3, 0.4) is 0 Å². The molecule has 18 heavy (non-hydrogen) atoms. The van der Waals surface area contributed by atoms with Crippen LogP contribution in [0.15, 0.2) is 30.4 Å². The van der Waals surface area contributed by atoms with Gasteiger partial charge in [0.1, 0.15) is 0 Å². The topological polar surface area (TPSA) is 29.1 Å². The highest BCUT2D eigenvalue weighted by Crippen LogP contribution is 2.25. The molecule has 2 nitrogen and oxygen atoms in total. The van der Waals surface area contributed by atoms with Crippen LogP contribution in [-0.4, -0.2) is 5.91 Å². The Morgan fingerprint density at radius 1 is 1.28 bits per heavy atom. The summed E-state index contributed by atoms with van der Waals surface area (Å²) in [6.07, 6.45) is 10.8. The van der Waals surface area contributed by atoms with Crippen molar-refractivity contribution in [3.63, 3.8) is 0 Å². The Balaban J connectivity index is 1.61. The third-order valence-electron chi connectivity index (χ3n) is 3.94. The molecule has 0 heterocycles. The monoisotopic (exact) mass is 241 g/mol. The van der Waals surface area contributed by atoms with Crippen molar-refractivity contribution in [2.24, 2.45) is 5.92 Å². The van der Waals surface area contributed by atoms with Gasteiger partial charge in [-0.25, -0.2) is 0 Å². The predicted octanol–water partition coefficient (Wildman–Crippen LogP) is 3.47. The molecule has 0 spiro atoms. The Hall–Kier alpha value is -1.57. The van der Waals surface area contributed by atoms with Gasteiger partial charge in [0.25, 0.3) is 0 Å². The maximum atomic E-state index is 11.9. The molecule has 94 valence electrons. The number of hydrogen-bond donors (Lipinski definition) is 1. The van der Waals surface area contributed by atoms with Crippen molar-refractivity contribution in [1.29, 1.82) is 0 Å². The van der Waals surface area contributed by atoms with E-state index >= 15 is 0 Å². The average molecular weight is 241 g/mol. The molecule has 0 bridgehead atoms. The fourth-order valence-corrected chi connectivity index (χ4v) is 2.97. The summed E-state index contributed by atoms with van der Waals surface area (Å²) in [6, 6.07) is 6.34. The zero-order valence-electron chi connectivity index (χ0n) is 10.6. The van der Waals surface area contributed by atoms with E-state index in [-0.39, 0.29) is 5.91 Å². The van der Waals surface area contributed by atoms with Crippen molar-refractivity contribution < 1.29 is 4.79 Å². The number of benzene rings is 1. The summed E-state index contributed by atoms with van der Waals surface area (Å²) in [5, 5.41) is 3.03. The van der Waals surface area contributed by atoms with Crippen molar-refractivity contribution >= 4 is 11.6 Å². The number of amides is 1. The summed E-state index contributed by atoms with van der Waals surface area (Å²) in [7, 11) is 0. The average Bonchev–Trinajstić information content (AvgIpc) is 2.98. The molecule has 0 saturated carbocycles. The van der Waals surface area contributed by atoms with E-state index in [2.05, 4.69) is 29.6 Å². The Bertz CT molecular complexity index is 490. The molecule has 2 aliphatic rings. The molecule has 0 unspecified atom stereocenters. The molecule has 1 atom stereocenters. The number of anilines is 1. The lowest BCUT2D eigenvalue weighted by atomic mass is 10.0. The van der Waals surface area contributed by atoms with E-state index in [1.54, 1.807) is 0 Å². The zero-order valence-corrected chi connectivity index (χ0v) is 10.6. The summed E-state index contributed by atoms with van der Waals surface area (Å²) in [4.78, 5) is 11.9. The van der Waals surface area contributed by atoms with Gasteiger partial charge in [0, 0.05) is 12.1 Å². The Morgan fingerprint density at radius 3 is 3.00 bits per heavy atom. The van der Waals surface area contributed by atoms with Gasteiger partial charge in [0.2, 0.25) is 5.91 Å². The van der Waals surface area contributed by atoms with Gasteiger partial charge in [-0.05, 0) is 61.3 Å². The molecule has 0 radical (unpaired) electrons. The van der Waals surface area contributed by atoms with Crippen LogP contribution in [-0.2, 0) is 17.6 Å². The van der Waals surface area contributed by atoms with E-state index in [1.165, 1.54) is 24.0 Å². The summed E-state index contributed by atoms with van der Waals surface area (Å²) < 4.78 is 0. The van der Waals surface area contributed by atoms with E-state index < -0.39 is 0 Å². The summed E-state index contributed by atoms with van der Waals surface area (Å²) in [5.74, 6) is 0.587. The number of carbonyl (C=O) groups excluding carboxylic acids is 1. The maximum Gasteiger partial charge on any atom is 0.224 e. The third-order valence-corrected chi connectivity index (χ3v) is 3.94. The normalized spacial score (nSPS) is 21.0. The van der Waals surface area contributed by atoms with Crippen molar-refractivity contribution in [2.45, 2.75) is 38.5 Å². The second-order valence-electron chi connectivity index (χ2n) is 5.35. The van der Waals surface area contributed by atoms with Crippen molar-refractivity contribution in [2.75, 3.05) is 5.32 Å².